The van der Waals surface area contributed by atoms with Crippen molar-refractivity contribution in [2.24, 2.45) is 0 Å². The monoisotopic (exact) mass is 268 g/mol. The van der Waals surface area contributed by atoms with E-state index in [1.807, 2.05) is 7.11 Å². The number of nitrogens with one attached hydrogen (secondary N) is 1. The highest BCUT2D eigenvalue weighted by atomic mass is 16.5. The van der Waals surface area contributed by atoms with Gasteiger partial charge < -0.3 is 10.1 Å². The molecule has 2 rings (SSSR count). The quantitative estimate of drug-likeness (QED) is 0.848. The molecule has 1 saturated heterocycles. The first-order valence-corrected chi connectivity index (χ1v) is 8.01. The molecule has 3 heteroatoms. The van der Waals surface area contributed by atoms with Crippen LogP contribution in [0.15, 0.2) is 0 Å². The van der Waals surface area contributed by atoms with Gasteiger partial charge in [-0.2, -0.15) is 0 Å². The molecule has 1 heterocycles. The highest BCUT2D eigenvalue weighted by molar-refractivity contribution is 4.99. The molecule has 0 bridgehead atoms. The molecule has 0 amide bonds. The van der Waals surface area contributed by atoms with Crippen LogP contribution >= 0.6 is 0 Å². The van der Waals surface area contributed by atoms with Gasteiger partial charge in [0.1, 0.15) is 0 Å². The third-order valence-electron chi connectivity index (χ3n) is 5.27. The van der Waals surface area contributed by atoms with Crippen LogP contribution in [-0.2, 0) is 4.74 Å². The molecule has 1 aliphatic heterocycles. The summed E-state index contributed by atoms with van der Waals surface area (Å²) >= 11 is 0. The normalized spacial score (nSPS) is 28.7. The topological polar surface area (TPSA) is 24.5 Å². The van der Waals surface area contributed by atoms with Gasteiger partial charge in [0, 0.05) is 38.3 Å². The Morgan fingerprint density at radius 3 is 2.58 bits per heavy atom. The molecule has 0 aromatic rings. The largest absolute Gasteiger partial charge is 0.379 e. The highest BCUT2D eigenvalue weighted by Gasteiger charge is 2.38. The Bertz CT molecular complexity index is 284. The molecule has 0 aromatic heterocycles. The van der Waals surface area contributed by atoms with Crippen LogP contribution in [0, 0.1) is 0 Å². The minimum absolute atomic E-state index is 0.00429. The summed E-state index contributed by atoms with van der Waals surface area (Å²) in [6.45, 7) is 10.3. The lowest BCUT2D eigenvalue weighted by atomic mass is 9.79. The summed E-state index contributed by atoms with van der Waals surface area (Å²) in [5.41, 5.74) is 0.423. The van der Waals surface area contributed by atoms with Gasteiger partial charge in [-0.3, -0.25) is 4.90 Å². The zero-order valence-electron chi connectivity index (χ0n) is 13.3. The molecule has 1 atom stereocenters. The fraction of sp³-hybridized carbons (Fsp3) is 1.00. The summed E-state index contributed by atoms with van der Waals surface area (Å²) in [6, 6.07) is 0.653. The van der Waals surface area contributed by atoms with E-state index in [2.05, 4.69) is 31.0 Å². The molecule has 112 valence electrons. The summed E-state index contributed by atoms with van der Waals surface area (Å²) in [4.78, 5) is 2.68. The van der Waals surface area contributed by atoms with E-state index in [9.17, 15) is 0 Å². The van der Waals surface area contributed by atoms with Crippen LogP contribution in [0.5, 0.6) is 0 Å². The minimum atomic E-state index is 0.00429. The standard InChI is InChI=1S/C16H32N2O/c1-14-12-17-16(8-6-5-7-9-16)13-18(14)11-10-15(2,3)19-4/h14,17H,5-13H2,1-4H3. The Hall–Kier alpha value is -0.120. The van der Waals surface area contributed by atoms with Gasteiger partial charge in [0.05, 0.1) is 5.60 Å². The van der Waals surface area contributed by atoms with Crippen LogP contribution in [0.3, 0.4) is 0 Å². The predicted molar refractivity (Wildman–Crippen MR) is 80.6 cm³/mol. The molecular formula is C16H32N2O. The predicted octanol–water partition coefficient (Wildman–Crippen LogP) is 2.80. The number of methoxy groups -OCH3 is 1. The van der Waals surface area contributed by atoms with E-state index in [0.717, 1.165) is 19.5 Å². The van der Waals surface area contributed by atoms with Crippen molar-refractivity contribution in [2.75, 3.05) is 26.7 Å². The molecule has 1 N–H and O–H groups in total. The van der Waals surface area contributed by atoms with Gasteiger partial charge in [-0.1, -0.05) is 19.3 Å². The fourth-order valence-electron chi connectivity index (χ4n) is 3.47. The minimum Gasteiger partial charge on any atom is -0.379 e. The third-order valence-corrected chi connectivity index (χ3v) is 5.27. The summed E-state index contributed by atoms with van der Waals surface area (Å²) < 4.78 is 5.56. The molecular weight excluding hydrogens is 236 g/mol. The molecule has 1 spiro atoms. The van der Waals surface area contributed by atoms with Gasteiger partial charge in [-0.05, 0) is 40.0 Å². The molecule has 0 aromatic carbocycles. The second-order valence-corrected chi connectivity index (χ2v) is 7.26. The number of hydrogen-bond acceptors (Lipinski definition) is 3. The van der Waals surface area contributed by atoms with Gasteiger partial charge in [0.25, 0.3) is 0 Å². The van der Waals surface area contributed by atoms with Crippen LogP contribution < -0.4 is 5.32 Å². The smallest absolute Gasteiger partial charge is 0.0634 e. The Morgan fingerprint density at radius 2 is 1.95 bits per heavy atom. The average Bonchev–Trinajstić information content (AvgIpc) is 2.41. The Kier molecular flexibility index (Phi) is 4.91. The number of ether oxygens (including phenoxy) is 1. The van der Waals surface area contributed by atoms with E-state index in [1.165, 1.54) is 38.6 Å². The second-order valence-electron chi connectivity index (χ2n) is 7.26. The van der Waals surface area contributed by atoms with Crippen LogP contribution in [0.25, 0.3) is 0 Å². The Labute approximate surface area is 119 Å². The van der Waals surface area contributed by atoms with E-state index < -0.39 is 0 Å². The van der Waals surface area contributed by atoms with Crippen molar-refractivity contribution < 1.29 is 4.74 Å². The maximum absolute atomic E-state index is 5.56. The lowest BCUT2D eigenvalue weighted by Crippen LogP contribution is -2.64. The zero-order chi connectivity index (χ0) is 13.9. The van der Waals surface area contributed by atoms with Crippen molar-refractivity contribution in [2.45, 2.75) is 76.5 Å². The maximum Gasteiger partial charge on any atom is 0.0634 e. The van der Waals surface area contributed by atoms with E-state index >= 15 is 0 Å². The van der Waals surface area contributed by atoms with Gasteiger partial charge in [-0.25, -0.2) is 0 Å². The molecule has 1 aliphatic carbocycles. The van der Waals surface area contributed by atoms with Crippen molar-refractivity contribution in [1.82, 2.24) is 10.2 Å². The Morgan fingerprint density at radius 1 is 1.26 bits per heavy atom. The molecule has 1 unspecified atom stereocenters. The van der Waals surface area contributed by atoms with Crippen molar-refractivity contribution in [3.8, 4) is 0 Å². The lowest BCUT2D eigenvalue weighted by molar-refractivity contribution is -0.00742. The number of hydrogen-bond donors (Lipinski definition) is 1. The van der Waals surface area contributed by atoms with Gasteiger partial charge in [0.15, 0.2) is 0 Å². The third kappa shape index (κ3) is 3.93. The van der Waals surface area contributed by atoms with E-state index in [4.69, 9.17) is 4.74 Å². The fourth-order valence-corrected chi connectivity index (χ4v) is 3.47. The molecule has 3 nitrogen and oxygen atoms in total. The molecule has 0 radical (unpaired) electrons. The first kappa shape index (κ1) is 15.3. The Balaban J connectivity index is 1.91. The maximum atomic E-state index is 5.56. The average molecular weight is 268 g/mol. The molecule has 19 heavy (non-hydrogen) atoms. The first-order chi connectivity index (χ1) is 8.96. The van der Waals surface area contributed by atoms with Crippen LogP contribution in [-0.4, -0.2) is 48.8 Å². The zero-order valence-corrected chi connectivity index (χ0v) is 13.3. The highest BCUT2D eigenvalue weighted by Crippen LogP contribution is 2.32. The summed E-state index contributed by atoms with van der Waals surface area (Å²) in [5.74, 6) is 0. The first-order valence-electron chi connectivity index (χ1n) is 8.01. The summed E-state index contributed by atoms with van der Waals surface area (Å²) in [6.07, 6.45) is 8.07. The molecule has 2 aliphatic rings. The number of rotatable bonds is 4. The van der Waals surface area contributed by atoms with Gasteiger partial charge in [-0.15, -0.1) is 0 Å². The van der Waals surface area contributed by atoms with Gasteiger partial charge >= 0.3 is 0 Å². The molecule has 1 saturated carbocycles. The summed E-state index contributed by atoms with van der Waals surface area (Å²) in [7, 11) is 1.82. The van der Waals surface area contributed by atoms with E-state index in [0.29, 0.717) is 11.6 Å². The van der Waals surface area contributed by atoms with Crippen LogP contribution in [0.2, 0.25) is 0 Å². The van der Waals surface area contributed by atoms with Crippen LogP contribution in [0.1, 0.15) is 59.3 Å². The van der Waals surface area contributed by atoms with E-state index in [-0.39, 0.29) is 5.60 Å². The van der Waals surface area contributed by atoms with Crippen molar-refractivity contribution in [3.05, 3.63) is 0 Å². The van der Waals surface area contributed by atoms with Crippen molar-refractivity contribution in [1.29, 1.82) is 0 Å². The molecule has 2 fully saturated rings. The van der Waals surface area contributed by atoms with Crippen molar-refractivity contribution in [3.63, 3.8) is 0 Å². The SMILES string of the molecule is COC(C)(C)CCN1CC2(CCCCC2)NCC1C. The number of piperazine rings is 1. The lowest BCUT2D eigenvalue weighted by Gasteiger charge is -2.49. The number of nitrogens with zero attached hydrogens (tertiary/aromatic N) is 1. The second kappa shape index (κ2) is 6.11. The van der Waals surface area contributed by atoms with E-state index in [1.54, 1.807) is 0 Å². The van der Waals surface area contributed by atoms with Crippen LogP contribution in [0.4, 0.5) is 0 Å². The summed E-state index contributed by atoms with van der Waals surface area (Å²) in [5, 5.41) is 3.85. The van der Waals surface area contributed by atoms with Crippen molar-refractivity contribution >= 4 is 0 Å². The van der Waals surface area contributed by atoms with Gasteiger partial charge in [0.2, 0.25) is 0 Å².